The predicted molar refractivity (Wildman–Crippen MR) is 156 cm³/mol. The van der Waals surface area contributed by atoms with E-state index in [1.165, 1.54) is 60.1 Å². The molecule has 1 aliphatic carbocycles. The van der Waals surface area contributed by atoms with Gasteiger partial charge in [0.25, 0.3) is 0 Å². The van der Waals surface area contributed by atoms with Crippen LogP contribution in [0.25, 0.3) is 21.9 Å². The summed E-state index contributed by atoms with van der Waals surface area (Å²) in [7, 11) is 0. The molecule has 0 saturated heterocycles. The van der Waals surface area contributed by atoms with Crippen molar-refractivity contribution in [1.29, 1.82) is 0 Å². The van der Waals surface area contributed by atoms with Crippen molar-refractivity contribution in [3.63, 3.8) is 0 Å². The van der Waals surface area contributed by atoms with Crippen LogP contribution in [-0.2, 0) is 19.5 Å². The van der Waals surface area contributed by atoms with E-state index in [-0.39, 0.29) is 5.54 Å². The van der Waals surface area contributed by atoms with E-state index in [4.69, 9.17) is 9.97 Å². The minimum Gasteiger partial charge on any atom is -0.323 e. The second-order valence-corrected chi connectivity index (χ2v) is 12.6. The average molecular weight is 497 g/mol. The van der Waals surface area contributed by atoms with Gasteiger partial charge in [-0.05, 0) is 69.6 Å². The minimum atomic E-state index is 0.161. The van der Waals surface area contributed by atoms with E-state index in [1.54, 1.807) is 0 Å². The fourth-order valence-corrected chi connectivity index (χ4v) is 5.81. The van der Waals surface area contributed by atoms with Crippen molar-refractivity contribution in [2.24, 2.45) is 5.41 Å². The van der Waals surface area contributed by atoms with Crippen LogP contribution >= 0.6 is 0 Å². The van der Waals surface area contributed by atoms with Crippen LogP contribution in [0.15, 0.2) is 48.5 Å². The Kier molecular flexibility index (Phi) is 7.15. The first kappa shape index (κ1) is 25.9. The lowest BCUT2D eigenvalue weighted by molar-refractivity contribution is 0.0278. The minimum absolute atomic E-state index is 0.161. The Hall–Kier alpha value is -2.72. The van der Waals surface area contributed by atoms with Gasteiger partial charge in [-0.2, -0.15) is 0 Å². The van der Waals surface area contributed by atoms with Crippen LogP contribution in [0.2, 0.25) is 0 Å². The van der Waals surface area contributed by atoms with Crippen molar-refractivity contribution in [1.82, 2.24) is 19.4 Å². The molecule has 0 amide bonds. The van der Waals surface area contributed by atoms with Gasteiger partial charge in [-0.3, -0.25) is 9.88 Å². The number of imidazole rings is 1. The molecule has 4 aromatic rings. The maximum absolute atomic E-state index is 5.12. The van der Waals surface area contributed by atoms with Gasteiger partial charge in [0.1, 0.15) is 11.3 Å². The van der Waals surface area contributed by atoms with Crippen molar-refractivity contribution < 1.29 is 0 Å². The van der Waals surface area contributed by atoms with E-state index < -0.39 is 0 Å². The summed E-state index contributed by atoms with van der Waals surface area (Å²) in [5.41, 5.74) is 7.71. The third-order valence-electron chi connectivity index (χ3n) is 8.41. The summed E-state index contributed by atoms with van der Waals surface area (Å²) in [4.78, 5) is 12.7. The molecule has 196 valence electrons. The van der Waals surface area contributed by atoms with Crippen LogP contribution in [0.1, 0.15) is 89.4 Å². The highest BCUT2D eigenvalue weighted by Gasteiger charge is 2.36. The largest absolute Gasteiger partial charge is 0.323 e. The smallest absolute Gasteiger partial charge is 0.111 e. The molecule has 5 rings (SSSR count). The molecule has 0 atom stereocenters. The molecule has 2 aromatic heterocycles. The molecule has 37 heavy (non-hydrogen) atoms. The number of hydrogen-bond acceptors (Lipinski definition) is 3. The lowest BCUT2D eigenvalue weighted by atomic mass is 9.69. The van der Waals surface area contributed by atoms with E-state index in [9.17, 15) is 0 Å². The Morgan fingerprint density at radius 2 is 1.68 bits per heavy atom. The zero-order valence-electron chi connectivity index (χ0n) is 23.8. The number of aromatic nitrogens is 3. The highest BCUT2D eigenvalue weighted by Crippen LogP contribution is 2.42. The number of unbranched alkanes of at least 4 members (excludes halogenated alkanes) is 1. The Morgan fingerprint density at radius 1 is 0.973 bits per heavy atom. The molecule has 2 heterocycles. The highest BCUT2D eigenvalue weighted by molar-refractivity contribution is 6.03. The molecule has 4 nitrogen and oxygen atoms in total. The van der Waals surface area contributed by atoms with E-state index in [0.29, 0.717) is 5.41 Å². The van der Waals surface area contributed by atoms with Crippen molar-refractivity contribution in [2.45, 2.75) is 98.7 Å². The molecular formula is C33H44N4. The normalized spacial score (nSPS) is 15.5. The van der Waals surface area contributed by atoms with Crippen LogP contribution in [0.4, 0.5) is 0 Å². The lowest BCUT2D eigenvalue weighted by Crippen LogP contribution is -2.48. The second-order valence-electron chi connectivity index (χ2n) is 12.6. The third-order valence-corrected chi connectivity index (χ3v) is 8.41. The molecule has 1 fully saturated rings. The van der Waals surface area contributed by atoms with E-state index in [2.05, 4.69) is 99.5 Å². The molecule has 1 aliphatic rings. The number of hydrogen-bond donors (Lipinski definition) is 0. The third kappa shape index (κ3) is 5.45. The Bertz CT molecular complexity index is 1370. The van der Waals surface area contributed by atoms with Crippen LogP contribution in [0.3, 0.4) is 0 Å². The molecular weight excluding hydrogens is 452 g/mol. The Labute approximate surface area is 223 Å². The number of para-hydroxylation sites is 1. The van der Waals surface area contributed by atoms with Crippen LogP contribution in [0, 0.1) is 12.3 Å². The van der Waals surface area contributed by atoms with Gasteiger partial charge in [0.05, 0.1) is 16.7 Å². The summed E-state index contributed by atoms with van der Waals surface area (Å²) in [6, 6.07) is 17.8. The van der Waals surface area contributed by atoms with Gasteiger partial charge in [0, 0.05) is 37.0 Å². The first-order valence-electron chi connectivity index (χ1n) is 14.2. The van der Waals surface area contributed by atoms with Crippen molar-refractivity contribution in [2.75, 3.05) is 6.54 Å². The van der Waals surface area contributed by atoms with E-state index >= 15 is 0 Å². The Balaban J connectivity index is 1.44. The summed E-state index contributed by atoms with van der Waals surface area (Å²) in [5.74, 6) is 1.18. The summed E-state index contributed by atoms with van der Waals surface area (Å²) in [6.07, 6.45) is 7.42. The Morgan fingerprint density at radius 3 is 2.32 bits per heavy atom. The summed E-state index contributed by atoms with van der Waals surface area (Å²) >= 11 is 0. The predicted octanol–water partition coefficient (Wildman–Crippen LogP) is 8.07. The van der Waals surface area contributed by atoms with Crippen molar-refractivity contribution in [3.8, 4) is 0 Å². The fourth-order valence-electron chi connectivity index (χ4n) is 5.81. The van der Waals surface area contributed by atoms with Crippen molar-refractivity contribution in [3.05, 3.63) is 71.2 Å². The standard InChI is InChI=1S/C33H44N4/c1-7-8-14-29-35-30-24(2)34-28-13-10-9-12-27(28)31(30)37(29)22-26-17-15-25(16-18-26)21-36(32(3,4)5)23-33(6)19-11-20-33/h9-10,12-13,15-18H,7-8,11,14,19-23H2,1-6H3. The average Bonchev–Trinajstić information content (AvgIpc) is 3.21. The molecule has 0 aliphatic heterocycles. The van der Waals surface area contributed by atoms with Gasteiger partial charge in [0.2, 0.25) is 0 Å². The van der Waals surface area contributed by atoms with Gasteiger partial charge >= 0.3 is 0 Å². The molecule has 4 heteroatoms. The molecule has 0 unspecified atom stereocenters. The summed E-state index contributed by atoms with van der Waals surface area (Å²) < 4.78 is 2.45. The SMILES string of the molecule is CCCCc1nc2c(C)nc3ccccc3c2n1Cc1ccc(CN(CC2(C)CCC2)C(C)(C)C)cc1. The molecule has 1 saturated carbocycles. The van der Waals surface area contributed by atoms with Crippen LogP contribution < -0.4 is 0 Å². The zero-order chi connectivity index (χ0) is 26.2. The molecule has 0 spiro atoms. The molecule has 0 N–H and O–H groups in total. The lowest BCUT2D eigenvalue weighted by Gasteiger charge is -2.47. The van der Waals surface area contributed by atoms with Crippen molar-refractivity contribution >= 4 is 21.9 Å². The molecule has 0 radical (unpaired) electrons. The second kappa shape index (κ2) is 10.2. The topological polar surface area (TPSA) is 34.0 Å². The number of pyridine rings is 1. The zero-order valence-corrected chi connectivity index (χ0v) is 23.8. The van der Waals surface area contributed by atoms with E-state index in [1.807, 2.05) is 0 Å². The van der Waals surface area contributed by atoms with Gasteiger partial charge in [-0.1, -0.05) is 69.2 Å². The molecule has 2 aromatic carbocycles. The number of benzene rings is 2. The summed E-state index contributed by atoms with van der Waals surface area (Å²) in [6.45, 7) is 16.9. The quantitative estimate of drug-likeness (QED) is 0.235. The van der Waals surface area contributed by atoms with E-state index in [0.717, 1.165) is 42.7 Å². The first-order chi connectivity index (χ1) is 17.7. The van der Waals surface area contributed by atoms with Gasteiger partial charge < -0.3 is 4.57 Å². The number of aryl methyl sites for hydroxylation is 2. The monoisotopic (exact) mass is 496 g/mol. The first-order valence-corrected chi connectivity index (χ1v) is 14.2. The number of rotatable bonds is 9. The summed E-state index contributed by atoms with van der Waals surface area (Å²) in [5, 5.41) is 1.19. The molecule has 0 bridgehead atoms. The fraction of sp³-hybridized carbons (Fsp3) is 0.515. The maximum atomic E-state index is 5.12. The maximum Gasteiger partial charge on any atom is 0.111 e. The highest BCUT2D eigenvalue weighted by atomic mass is 15.2. The van der Waals surface area contributed by atoms with Crippen LogP contribution in [0.5, 0.6) is 0 Å². The van der Waals surface area contributed by atoms with Gasteiger partial charge in [-0.15, -0.1) is 0 Å². The van der Waals surface area contributed by atoms with Gasteiger partial charge in [-0.25, -0.2) is 4.98 Å². The van der Waals surface area contributed by atoms with Gasteiger partial charge in [0.15, 0.2) is 0 Å². The number of nitrogens with zero attached hydrogens (tertiary/aromatic N) is 4. The number of fused-ring (bicyclic) bond motifs is 3. The van der Waals surface area contributed by atoms with Crippen LogP contribution in [-0.4, -0.2) is 31.5 Å².